The molecule has 1 aliphatic heterocycles. The van der Waals surface area contributed by atoms with E-state index in [4.69, 9.17) is 4.55 Å². The number of fused-ring (bicyclic) bond motifs is 1. The topological polar surface area (TPSA) is 113 Å². The van der Waals surface area contributed by atoms with Gasteiger partial charge in [-0.25, -0.2) is 0 Å². The van der Waals surface area contributed by atoms with Gasteiger partial charge in [0.15, 0.2) is 0 Å². The Balaban J connectivity index is 2.85. The summed E-state index contributed by atoms with van der Waals surface area (Å²) in [4.78, 5) is 21.9. The quantitative estimate of drug-likeness (QED) is 0.725. The highest BCUT2D eigenvalue weighted by Crippen LogP contribution is 2.24. The molecule has 1 N–H and O–H groups in total. The number of hydrogen-bond acceptors (Lipinski definition) is 4. The van der Waals surface area contributed by atoms with Crippen molar-refractivity contribution in [3.05, 3.63) is 29.3 Å². The van der Waals surface area contributed by atoms with Crippen LogP contribution in [0.4, 0.5) is 0 Å². The van der Waals surface area contributed by atoms with Crippen molar-refractivity contribution < 1.29 is 22.6 Å². The highest BCUT2D eigenvalue weighted by atomic mass is 32.2. The summed E-state index contributed by atoms with van der Waals surface area (Å²) in [5.41, 5.74) is -0.625. The van der Waals surface area contributed by atoms with Gasteiger partial charge in [0.2, 0.25) is 0 Å². The molecule has 2 amide bonds. The summed E-state index contributed by atoms with van der Waals surface area (Å²) in [6.07, 6.45) is 0. The molecule has 0 spiro atoms. The molecule has 0 bridgehead atoms. The molecule has 0 radical (unpaired) electrons. The Kier molecular flexibility index (Phi) is 2.17. The van der Waals surface area contributed by atoms with E-state index < -0.39 is 32.4 Å². The highest BCUT2D eigenvalue weighted by Gasteiger charge is 2.29. The van der Waals surface area contributed by atoms with Gasteiger partial charge >= 0.3 is 0 Å². The molecule has 7 nitrogen and oxygen atoms in total. The van der Waals surface area contributed by atoms with Crippen LogP contribution in [0.3, 0.4) is 0 Å². The predicted octanol–water partition coefficient (Wildman–Crippen LogP) is 0.680. The molecule has 1 aliphatic rings. The van der Waals surface area contributed by atoms with Gasteiger partial charge in [0.1, 0.15) is 4.90 Å². The van der Waals surface area contributed by atoms with E-state index >= 15 is 0 Å². The second-order valence-corrected chi connectivity index (χ2v) is 4.35. The third-order valence-electron chi connectivity index (χ3n) is 1.98. The standard InChI is InChI=1S/C8H4N2O5S/c11-7-4-2-1-3-5(16(13,14)15)6(4)8(12)10-9-7/h1-3H,(H,13,14,15). The van der Waals surface area contributed by atoms with Crippen molar-refractivity contribution in [2.45, 2.75) is 4.90 Å². The van der Waals surface area contributed by atoms with E-state index in [1.165, 1.54) is 12.1 Å². The summed E-state index contributed by atoms with van der Waals surface area (Å²) in [6, 6.07) is 3.48. The van der Waals surface area contributed by atoms with Crippen LogP contribution in [0.25, 0.3) is 0 Å². The molecule has 0 saturated heterocycles. The lowest BCUT2D eigenvalue weighted by Crippen LogP contribution is -2.16. The van der Waals surface area contributed by atoms with Gasteiger partial charge in [-0.1, -0.05) is 6.07 Å². The van der Waals surface area contributed by atoms with Crippen molar-refractivity contribution in [1.82, 2.24) is 0 Å². The first kappa shape index (κ1) is 10.6. The Morgan fingerprint density at radius 1 is 1.06 bits per heavy atom. The van der Waals surface area contributed by atoms with E-state index in [-0.39, 0.29) is 5.56 Å². The monoisotopic (exact) mass is 240 g/mol. The molecule has 1 heterocycles. The minimum absolute atomic E-state index is 0.185. The lowest BCUT2D eigenvalue weighted by Gasteiger charge is -2.09. The van der Waals surface area contributed by atoms with Gasteiger partial charge in [0, 0.05) is 0 Å². The summed E-state index contributed by atoms with van der Waals surface area (Å²) in [6.45, 7) is 0. The number of carbonyl (C=O) groups excluding carboxylic acids is 2. The molecule has 0 aliphatic carbocycles. The summed E-state index contributed by atoms with van der Waals surface area (Å²) >= 11 is 0. The lowest BCUT2D eigenvalue weighted by molar-refractivity contribution is 0.0918. The number of azo groups is 1. The maximum absolute atomic E-state index is 11.3. The first-order chi connectivity index (χ1) is 7.41. The van der Waals surface area contributed by atoms with E-state index in [0.717, 1.165) is 6.07 Å². The van der Waals surface area contributed by atoms with Gasteiger partial charge in [-0.3, -0.25) is 14.1 Å². The predicted molar refractivity (Wildman–Crippen MR) is 49.8 cm³/mol. The van der Waals surface area contributed by atoms with Crippen LogP contribution in [0.15, 0.2) is 33.3 Å². The minimum Gasteiger partial charge on any atom is -0.282 e. The molecule has 0 atom stereocenters. The van der Waals surface area contributed by atoms with Crippen molar-refractivity contribution in [2.75, 3.05) is 0 Å². The van der Waals surface area contributed by atoms with E-state index in [0.29, 0.717) is 0 Å². The Morgan fingerprint density at radius 2 is 1.69 bits per heavy atom. The minimum atomic E-state index is -4.58. The van der Waals surface area contributed by atoms with Gasteiger partial charge in [-0.2, -0.15) is 8.42 Å². The average molecular weight is 240 g/mol. The molecule has 0 aromatic heterocycles. The third kappa shape index (κ3) is 1.53. The molecule has 0 saturated carbocycles. The molecule has 16 heavy (non-hydrogen) atoms. The molecule has 1 aromatic rings. The van der Waals surface area contributed by atoms with Crippen LogP contribution in [0.1, 0.15) is 20.7 Å². The highest BCUT2D eigenvalue weighted by molar-refractivity contribution is 7.86. The summed E-state index contributed by atoms with van der Waals surface area (Å²) in [7, 11) is -4.58. The van der Waals surface area contributed by atoms with E-state index in [1.807, 2.05) is 0 Å². The number of nitrogens with zero attached hydrogens (tertiary/aromatic N) is 2. The van der Waals surface area contributed by atoms with Gasteiger partial charge in [-0.05, 0) is 12.1 Å². The number of rotatable bonds is 1. The fraction of sp³-hybridized carbons (Fsp3) is 0. The Morgan fingerprint density at radius 3 is 2.31 bits per heavy atom. The van der Waals surface area contributed by atoms with Crippen molar-refractivity contribution in [3.8, 4) is 0 Å². The SMILES string of the molecule is O=C1N=NC(=O)c2c1cccc2S(=O)(=O)O. The number of benzene rings is 1. The van der Waals surface area contributed by atoms with E-state index in [1.54, 1.807) is 0 Å². The first-order valence-corrected chi connectivity index (χ1v) is 5.46. The molecular formula is C8H4N2O5S. The molecular weight excluding hydrogens is 236 g/mol. The molecule has 2 rings (SSSR count). The first-order valence-electron chi connectivity index (χ1n) is 4.02. The molecule has 0 unspecified atom stereocenters. The summed E-state index contributed by atoms with van der Waals surface area (Å²) < 4.78 is 30.8. The van der Waals surface area contributed by atoms with Gasteiger partial charge < -0.3 is 0 Å². The van der Waals surface area contributed by atoms with Crippen molar-refractivity contribution >= 4 is 21.9 Å². The Hall–Kier alpha value is -1.93. The smallest absolute Gasteiger partial charge is 0.282 e. The molecule has 1 aromatic carbocycles. The molecule has 0 fully saturated rings. The van der Waals surface area contributed by atoms with Crippen LogP contribution < -0.4 is 0 Å². The Labute approximate surface area is 89.6 Å². The zero-order valence-electron chi connectivity index (χ0n) is 7.61. The van der Waals surface area contributed by atoms with Crippen LogP contribution in [0.5, 0.6) is 0 Å². The normalized spacial score (nSPS) is 15.1. The zero-order chi connectivity index (χ0) is 11.9. The second-order valence-electron chi connectivity index (χ2n) is 2.96. The van der Waals surface area contributed by atoms with Crippen LogP contribution in [0.2, 0.25) is 0 Å². The number of hydrogen-bond donors (Lipinski definition) is 1. The van der Waals surface area contributed by atoms with E-state index in [2.05, 4.69) is 10.2 Å². The van der Waals surface area contributed by atoms with Gasteiger partial charge in [0.25, 0.3) is 21.9 Å². The van der Waals surface area contributed by atoms with Crippen LogP contribution in [-0.4, -0.2) is 24.8 Å². The van der Waals surface area contributed by atoms with E-state index in [9.17, 15) is 18.0 Å². The third-order valence-corrected chi connectivity index (χ3v) is 2.88. The fourth-order valence-corrected chi connectivity index (χ4v) is 2.05. The lowest BCUT2D eigenvalue weighted by atomic mass is 10.1. The Bertz CT molecular complexity index is 632. The maximum Gasteiger partial charge on any atom is 0.297 e. The van der Waals surface area contributed by atoms with Crippen LogP contribution >= 0.6 is 0 Å². The molecule has 8 heteroatoms. The number of carbonyl (C=O) groups is 2. The summed E-state index contributed by atoms with van der Waals surface area (Å²) in [5, 5.41) is 6.02. The average Bonchev–Trinajstić information content (AvgIpc) is 2.22. The largest absolute Gasteiger partial charge is 0.297 e. The molecule has 82 valence electrons. The van der Waals surface area contributed by atoms with Gasteiger partial charge in [0.05, 0.1) is 11.1 Å². The number of amides is 2. The van der Waals surface area contributed by atoms with Crippen LogP contribution in [-0.2, 0) is 10.1 Å². The fourth-order valence-electron chi connectivity index (χ4n) is 1.34. The zero-order valence-corrected chi connectivity index (χ0v) is 8.43. The second kappa shape index (κ2) is 3.29. The van der Waals surface area contributed by atoms with Crippen LogP contribution in [0, 0.1) is 0 Å². The summed E-state index contributed by atoms with van der Waals surface area (Å²) in [5.74, 6) is -1.79. The van der Waals surface area contributed by atoms with Gasteiger partial charge in [-0.15, -0.1) is 10.2 Å². The van der Waals surface area contributed by atoms with Crippen molar-refractivity contribution in [3.63, 3.8) is 0 Å². The van der Waals surface area contributed by atoms with Crippen molar-refractivity contribution in [1.29, 1.82) is 0 Å². The maximum atomic E-state index is 11.3. The van der Waals surface area contributed by atoms with Crippen molar-refractivity contribution in [2.24, 2.45) is 10.2 Å².